The van der Waals surface area contributed by atoms with E-state index in [1.54, 1.807) is 36.4 Å². The Balaban J connectivity index is 1.68. The average Bonchev–Trinajstić information content (AvgIpc) is 3.44. The van der Waals surface area contributed by atoms with E-state index in [1.165, 1.54) is 11.2 Å². The standard InChI is InChI=1S/C26H25NO5/c1-2-16-31-20-12-10-19(11-13-20)24(28)22-23(21-9-6-17-32-21)27(26(30)25(22)29)15-14-18-7-4-3-5-8-18/h3-13,17,23,28H,2,14-16H2,1H3. The molecule has 1 aliphatic rings. The smallest absolute Gasteiger partial charge is 0.295 e. The first kappa shape index (κ1) is 21.4. The Kier molecular flexibility index (Phi) is 6.40. The minimum atomic E-state index is -0.787. The molecule has 2 heterocycles. The number of carbonyl (C=O) groups is 2. The second-order valence-corrected chi connectivity index (χ2v) is 7.62. The van der Waals surface area contributed by atoms with Crippen molar-refractivity contribution in [3.05, 3.63) is 95.5 Å². The van der Waals surface area contributed by atoms with Crippen LogP contribution in [0.3, 0.4) is 0 Å². The highest BCUT2D eigenvalue weighted by Crippen LogP contribution is 2.39. The third kappa shape index (κ3) is 4.30. The maximum atomic E-state index is 13.0. The number of hydrogen-bond donors (Lipinski definition) is 1. The highest BCUT2D eigenvalue weighted by Gasteiger charge is 2.47. The molecule has 1 fully saturated rings. The largest absolute Gasteiger partial charge is 0.507 e. The summed E-state index contributed by atoms with van der Waals surface area (Å²) in [6.07, 6.45) is 2.96. The van der Waals surface area contributed by atoms with Crippen LogP contribution in [0.25, 0.3) is 5.76 Å². The molecule has 32 heavy (non-hydrogen) atoms. The van der Waals surface area contributed by atoms with E-state index in [9.17, 15) is 14.7 Å². The van der Waals surface area contributed by atoms with Crippen LogP contribution in [0, 0.1) is 0 Å². The van der Waals surface area contributed by atoms with E-state index in [4.69, 9.17) is 9.15 Å². The topological polar surface area (TPSA) is 80.0 Å². The van der Waals surface area contributed by atoms with Crippen molar-refractivity contribution in [3.8, 4) is 5.75 Å². The van der Waals surface area contributed by atoms with Gasteiger partial charge in [-0.25, -0.2) is 0 Å². The number of hydrogen-bond acceptors (Lipinski definition) is 5. The number of furan rings is 1. The fourth-order valence-electron chi connectivity index (χ4n) is 3.83. The third-order valence-electron chi connectivity index (χ3n) is 5.44. The number of nitrogens with zero attached hydrogens (tertiary/aromatic N) is 1. The molecule has 1 N–H and O–H groups in total. The number of benzene rings is 2. The summed E-state index contributed by atoms with van der Waals surface area (Å²) in [5, 5.41) is 11.0. The van der Waals surface area contributed by atoms with Crippen LogP contribution in [0.2, 0.25) is 0 Å². The predicted molar refractivity (Wildman–Crippen MR) is 120 cm³/mol. The highest BCUT2D eigenvalue weighted by atomic mass is 16.5. The van der Waals surface area contributed by atoms with Crippen LogP contribution in [0.4, 0.5) is 0 Å². The van der Waals surface area contributed by atoms with Gasteiger partial charge in [-0.1, -0.05) is 37.3 Å². The van der Waals surface area contributed by atoms with E-state index in [1.807, 2.05) is 37.3 Å². The van der Waals surface area contributed by atoms with Gasteiger partial charge in [-0.05, 0) is 54.8 Å². The van der Waals surface area contributed by atoms with Crippen molar-refractivity contribution in [3.63, 3.8) is 0 Å². The normalized spacial score (nSPS) is 17.7. The molecule has 0 aliphatic carbocycles. The first-order valence-electron chi connectivity index (χ1n) is 10.7. The molecule has 0 spiro atoms. The van der Waals surface area contributed by atoms with Gasteiger partial charge in [-0.2, -0.15) is 0 Å². The first-order valence-corrected chi connectivity index (χ1v) is 10.7. The van der Waals surface area contributed by atoms with Crippen LogP contribution in [0.15, 0.2) is 83.0 Å². The van der Waals surface area contributed by atoms with Gasteiger partial charge in [-0.15, -0.1) is 0 Å². The molecular formula is C26H25NO5. The van der Waals surface area contributed by atoms with Crippen molar-refractivity contribution in [1.29, 1.82) is 0 Å². The van der Waals surface area contributed by atoms with Crippen molar-refractivity contribution in [2.24, 2.45) is 0 Å². The number of rotatable bonds is 8. The molecule has 2 aromatic carbocycles. The number of carbonyl (C=O) groups excluding carboxylic acids is 2. The summed E-state index contributed by atoms with van der Waals surface area (Å²) in [4.78, 5) is 27.4. The summed E-state index contributed by atoms with van der Waals surface area (Å²) in [5.41, 5.74) is 1.52. The summed E-state index contributed by atoms with van der Waals surface area (Å²) in [6.45, 7) is 2.93. The van der Waals surface area contributed by atoms with Crippen molar-refractivity contribution < 1.29 is 23.8 Å². The predicted octanol–water partition coefficient (Wildman–Crippen LogP) is 4.73. The molecule has 3 aromatic rings. The molecule has 1 saturated heterocycles. The number of ether oxygens (including phenoxy) is 1. The van der Waals surface area contributed by atoms with Gasteiger partial charge in [0.25, 0.3) is 11.7 Å². The number of likely N-dealkylation sites (tertiary alicyclic amines) is 1. The fourth-order valence-corrected chi connectivity index (χ4v) is 3.83. The third-order valence-corrected chi connectivity index (χ3v) is 5.44. The molecule has 6 nitrogen and oxygen atoms in total. The lowest BCUT2D eigenvalue weighted by molar-refractivity contribution is -0.140. The summed E-state index contributed by atoms with van der Waals surface area (Å²) < 4.78 is 11.1. The number of ketones is 1. The van der Waals surface area contributed by atoms with Crippen LogP contribution < -0.4 is 4.74 Å². The van der Waals surface area contributed by atoms with E-state index < -0.39 is 17.7 Å². The van der Waals surface area contributed by atoms with E-state index in [0.717, 1.165) is 12.0 Å². The molecule has 4 rings (SSSR count). The molecule has 1 aromatic heterocycles. The number of aliphatic hydroxyl groups is 1. The van der Waals surface area contributed by atoms with Crippen molar-refractivity contribution in [2.75, 3.05) is 13.2 Å². The first-order chi connectivity index (χ1) is 15.6. The highest BCUT2D eigenvalue weighted by molar-refractivity contribution is 6.46. The van der Waals surface area contributed by atoms with Gasteiger partial charge in [0.05, 0.1) is 18.4 Å². The van der Waals surface area contributed by atoms with Crippen molar-refractivity contribution >= 4 is 17.4 Å². The maximum absolute atomic E-state index is 13.0. The Morgan fingerprint density at radius 3 is 2.44 bits per heavy atom. The van der Waals surface area contributed by atoms with Gasteiger partial charge in [0.15, 0.2) is 0 Å². The lowest BCUT2D eigenvalue weighted by Crippen LogP contribution is -2.31. The fraction of sp³-hybridized carbons (Fsp3) is 0.231. The monoisotopic (exact) mass is 431 g/mol. The minimum Gasteiger partial charge on any atom is -0.507 e. The van der Waals surface area contributed by atoms with Crippen LogP contribution >= 0.6 is 0 Å². The molecule has 1 atom stereocenters. The van der Waals surface area contributed by atoms with Crippen molar-refractivity contribution in [2.45, 2.75) is 25.8 Å². The molecule has 1 aliphatic heterocycles. The van der Waals surface area contributed by atoms with E-state index >= 15 is 0 Å². The van der Waals surface area contributed by atoms with Crippen LogP contribution in [0.5, 0.6) is 5.75 Å². The SMILES string of the molecule is CCCOc1ccc(C(O)=C2C(=O)C(=O)N(CCc3ccccc3)C2c2ccco2)cc1. The molecule has 164 valence electrons. The quantitative estimate of drug-likeness (QED) is 0.317. The average molecular weight is 431 g/mol. The maximum Gasteiger partial charge on any atom is 0.295 e. The van der Waals surface area contributed by atoms with E-state index in [-0.39, 0.29) is 11.3 Å². The van der Waals surface area contributed by atoms with Gasteiger partial charge in [-0.3, -0.25) is 9.59 Å². The number of amides is 1. The summed E-state index contributed by atoms with van der Waals surface area (Å²) in [5.74, 6) is -0.486. The Bertz CT molecular complexity index is 1100. The summed E-state index contributed by atoms with van der Waals surface area (Å²) in [6, 6.07) is 19.2. The Labute approximate surface area is 186 Å². The van der Waals surface area contributed by atoms with Gasteiger partial charge < -0.3 is 19.2 Å². The van der Waals surface area contributed by atoms with Gasteiger partial charge in [0.2, 0.25) is 0 Å². The van der Waals surface area contributed by atoms with Crippen LogP contribution in [-0.2, 0) is 16.0 Å². The molecule has 0 radical (unpaired) electrons. The Hall–Kier alpha value is -3.80. The molecule has 0 saturated carbocycles. The molecule has 1 unspecified atom stereocenters. The molecule has 6 heteroatoms. The lowest BCUT2D eigenvalue weighted by Gasteiger charge is -2.23. The summed E-state index contributed by atoms with van der Waals surface area (Å²) >= 11 is 0. The van der Waals surface area contributed by atoms with Gasteiger partial charge >= 0.3 is 0 Å². The second-order valence-electron chi connectivity index (χ2n) is 7.62. The van der Waals surface area contributed by atoms with Crippen molar-refractivity contribution in [1.82, 2.24) is 4.90 Å². The molecule has 1 amide bonds. The van der Waals surface area contributed by atoms with E-state index in [2.05, 4.69) is 0 Å². The van der Waals surface area contributed by atoms with Crippen LogP contribution in [0.1, 0.15) is 36.3 Å². The number of aliphatic hydroxyl groups excluding tert-OH is 1. The zero-order valence-electron chi connectivity index (χ0n) is 17.9. The second kappa shape index (κ2) is 9.56. The lowest BCUT2D eigenvalue weighted by atomic mass is 9.99. The summed E-state index contributed by atoms with van der Waals surface area (Å²) in [7, 11) is 0. The van der Waals surface area contributed by atoms with E-state index in [0.29, 0.717) is 36.6 Å². The molecular weight excluding hydrogens is 406 g/mol. The minimum absolute atomic E-state index is 0.0280. The zero-order chi connectivity index (χ0) is 22.5. The Morgan fingerprint density at radius 1 is 1.03 bits per heavy atom. The Morgan fingerprint density at radius 2 is 1.78 bits per heavy atom. The molecule has 0 bridgehead atoms. The van der Waals surface area contributed by atoms with Gasteiger partial charge in [0.1, 0.15) is 23.3 Å². The van der Waals surface area contributed by atoms with Crippen LogP contribution in [-0.4, -0.2) is 34.8 Å². The van der Waals surface area contributed by atoms with Gasteiger partial charge in [0, 0.05) is 12.1 Å². The zero-order valence-corrected chi connectivity index (χ0v) is 17.9. The number of Topliss-reactive ketones (excluding diaryl/α,β-unsaturated/α-hetero) is 1.